The Morgan fingerprint density at radius 1 is 1.48 bits per heavy atom. The van der Waals surface area contributed by atoms with Gasteiger partial charge in [0.05, 0.1) is 17.7 Å². The minimum absolute atomic E-state index is 0.221. The van der Waals surface area contributed by atoms with E-state index >= 15 is 0 Å². The van der Waals surface area contributed by atoms with Gasteiger partial charge in [0, 0.05) is 11.6 Å². The molecule has 0 radical (unpaired) electrons. The number of benzene rings is 1. The lowest BCUT2D eigenvalue weighted by Crippen LogP contribution is -2.33. The minimum Gasteiger partial charge on any atom is -0.502 e. The molecule has 21 heavy (non-hydrogen) atoms. The molecule has 0 unspecified atom stereocenters. The summed E-state index contributed by atoms with van der Waals surface area (Å²) in [6.07, 6.45) is 3.51. The van der Waals surface area contributed by atoms with Gasteiger partial charge in [0.1, 0.15) is 0 Å². The summed E-state index contributed by atoms with van der Waals surface area (Å²) in [6.45, 7) is 2.13. The first-order chi connectivity index (χ1) is 10.1. The van der Waals surface area contributed by atoms with E-state index in [2.05, 4.69) is 10.5 Å². The van der Waals surface area contributed by atoms with Crippen LogP contribution in [0, 0.1) is 10.1 Å². The zero-order valence-corrected chi connectivity index (χ0v) is 11.4. The van der Waals surface area contributed by atoms with Crippen LogP contribution in [0.25, 0.3) is 0 Å². The van der Waals surface area contributed by atoms with Crippen molar-refractivity contribution in [2.75, 3.05) is 19.6 Å². The maximum absolute atomic E-state index is 11.6. The van der Waals surface area contributed by atoms with Gasteiger partial charge in [-0.2, -0.15) is 5.10 Å². The van der Waals surface area contributed by atoms with E-state index in [1.54, 1.807) is 0 Å². The molecule has 1 heterocycles. The van der Waals surface area contributed by atoms with Gasteiger partial charge in [0.25, 0.3) is 5.91 Å². The number of nitrogens with zero attached hydrogens (tertiary/aromatic N) is 3. The average molecular weight is 292 g/mol. The number of hydrogen-bond donors (Lipinski definition) is 2. The molecule has 0 saturated carbocycles. The Morgan fingerprint density at radius 2 is 2.19 bits per heavy atom. The predicted octanol–water partition coefficient (Wildman–Crippen LogP) is 0.846. The summed E-state index contributed by atoms with van der Waals surface area (Å²) in [6, 6.07) is 3.87. The molecular formula is C13H16N4O4. The Kier molecular flexibility index (Phi) is 4.83. The Labute approximate surface area is 121 Å². The largest absolute Gasteiger partial charge is 0.502 e. The maximum atomic E-state index is 11.6. The van der Waals surface area contributed by atoms with E-state index in [1.165, 1.54) is 24.4 Å². The number of hydrazone groups is 1. The fourth-order valence-electron chi connectivity index (χ4n) is 2.12. The first kappa shape index (κ1) is 14.9. The molecule has 0 aromatic heterocycles. The second kappa shape index (κ2) is 6.80. The summed E-state index contributed by atoms with van der Waals surface area (Å²) in [4.78, 5) is 23.6. The van der Waals surface area contributed by atoms with Gasteiger partial charge in [-0.15, -0.1) is 0 Å². The summed E-state index contributed by atoms with van der Waals surface area (Å²) < 4.78 is 0. The number of nitro benzene ring substituents is 1. The monoisotopic (exact) mass is 292 g/mol. The number of phenols is 1. The molecule has 0 bridgehead atoms. The molecule has 1 aromatic rings. The Hall–Kier alpha value is -2.48. The molecule has 112 valence electrons. The number of carbonyl (C=O) groups excluding carboxylic acids is 1. The molecule has 2 N–H and O–H groups in total. The zero-order chi connectivity index (χ0) is 15.2. The molecule has 0 aliphatic carbocycles. The van der Waals surface area contributed by atoms with E-state index in [9.17, 15) is 20.0 Å². The van der Waals surface area contributed by atoms with E-state index in [0.29, 0.717) is 12.1 Å². The van der Waals surface area contributed by atoms with Crippen LogP contribution in [-0.4, -0.2) is 46.7 Å². The van der Waals surface area contributed by atoms with Crippen LogP contribution in [0.15, 0.2) is 23.3 Å². The number of nitrogens with one attached hydrogen (secondary N) is 1. The second-order valence-corrected chi connectivity index (χ2v) is 4.78. The van der Waals surface area contributed by atoms with Gasteiger partial charge >= 0.3 is 5.69 Å². The lowest BCUT2D eigenvalue weighted by Gasteiger charge is -2.12. The molecule has 8 heteroatoms. The second-order valence-electron chi connectivity index (χ2n) is 4.78. The first-order valence-electron chi connectivity index (χ1n) is 6.58. The summed E-state index contributed by atoms with van der Waals surface area (Å²) in [5.41, 5.74) is 2.39. The number of likely N-dealkylation sites (tertiary alicyclic amines) is 1. The molecular weight excluding hydrogens is 276 g/mol. The Bertz CT molecular complexity index is 567. The normalized spacial score (nSPS) is 15.4. The predicted molar refractivity (Wildman–Crippen MR) is 76.2 cm³/mol. The zero-order valence-electron chi connectivity index (χ0n) is 11.4. The van der Waals surface area contributed by atoms with Gasteiger partial charge in [-0.3, -0.25) is 19.8 Å². The van der Waals surface area contributed by atoms with Gasteiger partial charge in [-0.05, 0) is 38.1 Å². The van der Waals surface area contributed by atoms with Crippen molar-refractivity contribution in [1.29, 1.82) is 0 Å². The number of nitro groups is 1. The molecule has 1 aliphatic heterocycles. The van der Waals surface area contributed by atoms with Crippen molar-refractivity contribution >= 4 is 17.8 Å². The Morgan fingerprint density at radius 3 is 2.86 bits per heavy atom. The lowest BCUT2D eigenvalue weighted by atomic mass is 10.2. The van der Waals surface area contributed by atoms with Gasteiger partial charge in [-0.1, -0.05) is 0 Å². The molecule has 0 atom stereocenters. The highest BCUT2D eigenvalue weighted by Crippen LogP contribution is 2.25. The third kappa shape index (κ3) is 4.25. The van der Waals surface area contributed by atoms with Crippen LogP contribution in [0.1, 0.15) is 18.4 Å². The number of hydrogen-bond acceptors (Lipinski definition) is 6. The van der Waals surface area contributed by atoms with E-state index < -0.39 is 16.4 Å². The Balaban J connectivity index is 1.90. The smallest absolute Gasteiger partial charge is 0.311 e. The van der Waals surface area contributed by atoms with Gasteiger partial charge in [0.15, 0.2) is 5.75 Å². The molecule has 1 aliphatic rings. The maximum Gasteiger partial charge on any atom is 0.311 e. The van der Waals surface area contributed by atoms with Crippen molar-refractivity contribution < 1.29 is 14.8 Å². The summed E-state index contributed by atoms with van der Waals surface area (Å²) >= 11 is 0. The summed E-state index contributed by atoms with van der Waals surface area (Å²) in [5.74, 6) is -0.628. The van der Waals surface area contributed by atoms with Crippen LogP contribution in [0.2, 0.25) is 0 Å². The highest BCUT2D eigenvalue weighted by molar-refractivity contribution is 5.84. The summed E-state index contributed by atoms with van der Waals surface area (Å²) in [7, 11) is 0. The fraction of sp³-hybridized carbons (Fsp3) is 0.385. The highest BCUT2D eigenvalue weighted by Gasteiger charge is 2.15. The van der Waals surface area contributed by atoms with E-state index in [1.807, 2.05) is 4.90 Å². The molecule has 1 aromatic carbocycles. The minimum atomic E-state index is -0.682. The average Bonchev–Trinajstić information content (AvgIpc) is 2.93. The quantitative estimate of drug-likeness (QED) is 0.475. The number of phenolic OH excluding ortho intramolecular Hbond substituents is 1. The topological polar surface area (TPSA) is 108 Å². The SMILES string of the molecule is O=C(CN1CCCC1)N/N=C/c1ccc(O)c([N+](=O)[O-])c1. The van der Waals surface area contributed by atoms with Crippen LogP contribution < -0.4 is 5.43 Å². The van der Waals surface area contributed by atoms with E-state index in [0.717, 1.165) is 25.9 Å². The molecule has 2 rings (SSSR count). The van der Waals surface area contributed by atoms with Crippen molar-refractivity contribution in [3.05, 3.63) is 33.9 Å². The molecule has 8 nitrogen and oxygen atoms in total. The van der Waals surface area contributed by atoms with Crippen LogP contribution in [0.3, 0.4) is 0 Å². The first-order valence-corrected chi connectivity index (χ1v) is 6.58. The van der Waals surface area contributed by atoms with E-state index in [-0.39, 0.29) is 5.91 Å². The fourth-order valence-corrected chi connectivity index (χ4v) is 2.12. The molecule has 1 saturated heterocycles. The molecule has 1 amide bonds. The lowest BCUT2D eigenvalue weighted by molar-refractivity contribution is -0.385. The third-order valence-electron chi connectivity index (χ3n) is 3.16. The number of aromatic hydroxyl groups is 1. The number of rotatable bonds is 5. The number of amides is 1. The van der Waals surface area contributed by atoms with Crippen molar-refractivity contribution in [2.24, 2.45) is 5.10 Å². The molecule has 1 fully saturated rings. The van der Waals surface area contributed by atoms with Crippen molar-refractivity contribution in [3.8, 4) is 5.75 Å². The van der Waals surface area contributed by atoms with Gasteiger partial charge < -0.3 is 5.11 Å². The van der Waals surface area contributed by atoms with Gasteiger partial charge in [0.2, 0.25) is 0 Å². The summed E-state index contributed by atoms with van der Waals surface area (Å²) in [5, 5.41) is 23.8. The van der Waals surface area contributed by atoms with Gasteiger partial charge in [-0.25, -0.2) is 5.43 Å². The van der Waals surface area contributed by atoms with Crippen LogP contribution in [0.4, 0.5) is 5.69 Å². The number of carbonyl (C=O) groups is 1. The van der Waals surface area contributed by atoms with Crippen molar-refractivity contribution in [2.45, 2.75) is 12.8 Å². The third-order valence-corrected chi connectivity index (χ3v) is 3.16. The van der Waals surface area contributed by atoms with Crippen LogP contribution in [-0.2, 0) is 4.79 Å². The van der Waals surface area contributed by atoms with Crippen LogP contribution >= 0.6 is 0 Å². The van der Waals surface area contributed by atoms with E-state index in [4.69, 9.17) is 0 Å². The van der Waals surface area contributed by atoms with Crippen molar-refractivity contribution in [1.82, 2.24) is 10.3 Å². The standard InChI is InChI=1S/C13H16N4O4/c18-12-4-3-10(7-11(12)17(20)21)8-14-15-13(19)9-16-5-1-2-6-16/h3-4,7-8,18H,1-2,5-6,9H2,(H,15,19)/b14-8+. The highest BCUT2D eigenvalue weighted by atomic mass is 16.6. The van der Waals surface area contributed by atoms with Crippen LogP contribution in [0.5, 0.6) is 5.75 Å². The molecule has 0 spiro atoms. The van der Waals surface area contributed by atoms with Crippen molar-refractivity contribution in [3.63, 3.8) is 0 Å².